The van der Waals surface area contributed by atoms with Gasteiger partial charge in [-0.05, 0) is 54.1 Å². The summed E-state index contributed by atoms with van der Waals surface area (Å²) < 4.78 is 1.20. The molecule has 1 aromatic carbocycles. The van der Waals surface area contributed by atoms with E-state index in [1.54, 1.807) is 0 Å². The lowest BCUT2D eigenvalue weighted by molar-refractivity contribution is 0.594. The quantitative estimate of drug-likeness (QED) is 0.429. The highest BCUT2D eigenvalue weighted by molar-refractivity contribution is 14.1. The summed E-state index contributed by atoms with van der Waals surface area (Å²) in [5.41, 5.74) is 7.77. The van der Waals surface area contributed by atoms with E-state index < -0.39 is 0 Å². The minimum Gasteiger partial charge on any atom is -0.399 e. The number of hydrogen-bond donors (Lipinski definition) is 2. The Morgan fingerprint density at radius 2 is 2.06 bits per heavy atom. The lowest BCUT2D eigenvalue weighted by Gasteiger charge is -2.16. The van der Waals surface area contributed by atoms with Gasteiger partial charge in [-0.25, -0.2) is 0 Å². The summed E-state index contributed by atoms with van der Waals surface area (Å²) in [6.45, 7) is 4.50. The monoisotopic (exact) mass is 346 g/mol. The molecule has 1 unspecified atom stereocenters. The van der Waals surface area contributed by atoms with Crippen LogP contribution < -0.4 is 11.1 Å². The fourth-order valence-electron chi connectivity index (χ4n) is 1.86. The fraction of sp³-hybridized carbons (Fsp3) is 0.571. The molecule has 0 aliphatic carbocycles. The number of unbranched alkanes of at least 4 members (excludes halogenated alkanes) is 3. The van der Waals surface area contributed by atoms with E-state index in [9.17, 15) is 0 Å². The third-order valence-corrected chi connectivity index (χ3v) is 3.78. The van der Waals surface area contributed by atoms with Crippen LogP contribution >= 0.6 is 22.6 Å². The number of nitrogen functional groups attached to an aromatic ring is 1. The van der Waals surface area contributed by atoms with Crippen molar-refractivity contribution in [3.8, 4) is 0 Å². The maximum atomic E-state index is 5.74. The summed E-state index contributed by atoms with van der Waals surface area (Å²) >= 11 is 2.33. The highest BCUT2D eigenvalue weighted by Crippen LogP contribution is 2.22. The first-order chi connectivity index (χ1) is 8.13. The van der Waals surface area contributed by atoms with E-state index in [0.29, 0.717) is 6.04 Å². The summed E-state index contributed by atoms with van der Waals surface area (Å²) in [6.07, 6.45) is 6.55. The summed E-state index contributed by atoms with van der Waals surface area (Å²) in [5, 5.41) is 3.55. The number of nitrogens with one attached hydrogen (secondary N) is 1. The van der Waals surface area contributed by atoms with E-state index in [2.05, 4.69) is 47.8 Å². The van der Waals surface area contributed by atoms with Crippen LogP contribution in [0, 0.1) is 3.57 Å². The lowest BCUT2D eigenvalue weighted by atomic mass is 10.1. The summed E-state index contributed by atoms with van der Waals surface area (Å²) in [7, 11) is 0. The van der Waals surface area contributed by atoms with Gasteiger partial charge in [0.05, 0.1) is 0 Å². The summed E-state index contributed by atoms with van der Waals surface area (Å²) in [5.74, 6) is 0. The molecule has 0 radical (unpaired) electrons. The molecule has 0 aliphatic rings. The molecule has 96 valence electrons. The van der Waals surface area contributed by atoms with Crippen LogP contribution in [0.5, 0.6) is 0 Å². The van der Waals surface area contributed by atoms with Gasteiger partial charge in [0.2, 0.25) is 0 Å². The smallest absolute Gasteiger partial charge is 0.0479 e. The topological polar surface area (TPSA) is 38.0 Å². The Hall–Kier alpha value is -0.450. The highest BCUT2D eigenvalue weighted by atomic mass is 127. The molecule has 17 heavy (non-hydrogen) atoms. The van der Waals surface area contributed by atoms with Crippen LogP contribution in [0.1, 0.15) is 46.0 Å². The molecule has 0 amide bonds. The predicted molar refractivity (Wildman–Crippen MR) is 85.4 cm³/mol. The molecule has 1 atom stereocenters. The molecular formula is C14H23IN2. The number of benzene rings is 1. The number of hydrogen-bond acceptors (Lipinski definition) is 2. The van der Waals surface area contributed by atoms with Gasteiger partial charge in [-0.3, -0.25) is 0 Å². The lowest BCUT2D eigenvalue weighted by Crippen LogP contribution is -2.15. The van der Waals surface area contributed by atoms with E-state index in [1.165, 1.54) is 41.4 Å². The SMILES string of the molecule is CCCCCCC(C)Nc1ccc(N)cc1I. The molecule has 3 N–H and O–H groups in total. The molecule has 0 heterocycles. The summed E-state index contributed by atoms with van der Waals surface area (Å²) in [6, 6.07) is 6.56. The van der Waals surface area contributed by atoms with E-state index in [0.717, 1.165) is 5.69 Å². The Bertz CT molecular complexity index is 339. The third-order valence-electron chi connectivity index (χ3n) is 2.89. The average molecular weight is 346 g/mol. The van der Waals surface area contributed by atoms with Crippen LogP contribution in [-0.2, 0) is 0 Å². The number of halogens is 1. The Morgan fingerprint density at radius 1 is 1.29 bits per heavy atom. The van der Waals surface area contributed by atoms with Crippen molar-refractivity contribution in [3.63, 3.8) is 0 Å². The van der Waals surface area contributed by atoms with Gasteiger partial charge >= 0.3 is 0 Å². The zero-order valence-corrected chi connectivity index (χ0v) is 13.0. The van der Waals surface area contributed by atoms with E-state index in [1.807, 2.05) is 12.1 Å². The van der Waals surface area contributed by atoms with E-state index in [4.69, 9.17) is 5.73 Å². The van der Waals surface area contributed by atoms with E-state index in [-0.39, 0.29) is 0 Å². The van der Waals surface area contributed by atoms with Crippen molar-refractivity contribution in [1.29, 1.82) is 0 Å². The van der Waals surface area contributed by atoms with Crippen molar-refractivity contribution >= 4 is 34.0 Å². The van der Waals surface area contributed by atoms with Crippen LogP contribution in [-0.4, -0.2) is 6.04 Å². The van der Waals surface area contributed by atoms with Gasteiger partial charge in [0, 0.05) is 21.0 Å². The van der Waals surface area contributed by atoms with Gasteiger partial charge in [-0.1, -0.05) is 32.6 Å². The third kappa shape index (κ3) is 5.61. The van der Waals surface area contributed by atoms with Crippen molar-refractivity contribution in [2.24, 2.45) is 0 Å². The largest absolute Gasteiger partial charge is 0.399 e. The second-order valence-electron chi connectivity index (χ2n) is 4.63. The second kappa shape index (κ2) is 7.80. The molecule has 2 nitrogen and oxygen atoms in total. The van der Waals surface area contributed by atoms with Gasteiger partial charge in [-0.2, -0.15) is 0 Å². The number of anilines is 2. The molecule has 0 aromatic heterocycles. The van der Waals surface area contributed by atoms with Crippen LogP contribution in [0.4, 0.5) is 11.4 Å². The van der Waals surface area contributed by atoms with Gasteiger partial charge < -0.3 is 11.1 Å². The Labute approximate surface area is 119 Å². The fourth-order valence-corrected chi connectivity index (χ4v) is 2.56. The van der Waals surface area contributed by atoms with E-state index >= 15 is 0 Å². The maximum Gasteiger partial charge on any atom is 0.0479 e. The molecule has 3 heteroatoms. The molecule has 0 saturated heterocycles. The van der Waals surface area contributed by atoms with Crippen LogP contribution in [0.15, 0.2) is 18.2 Å². The molecule has 0 saturated carbocycles. The van der Waals surface area contributed by atoms with Crippen molar-refractivity contribution < 1.29 is 0 Å². The van der Waals surface area contributed by atoms with Crippen LogP contribution in [0.3, 0.4) is 0 Å². The molecule has 0 fully saturated rings. The van der Waals surface area contributed by atoms with Crippen LogP contribution in [0.2, 0.25) is 0 Å². The first-order valence-corrected chi connectivity index (χ1v) is 7.53. The predicted octanol–water partition coefficient (Wildman–Crippen LogP) is 4.64. The minimum atomic E-state index is 0.531. The van der Waals surface area contributed by atoms with Crippen molar-refractivity contribution in [3.05, 3.63) is 21.8 Å². The van der Waals surface area contributed by atoms with Gasteiger partial charge in [0.15, 0.2) is 0 Å². The molecule has 0 aliphatic heterocycles. The van der Waals surface area contributed by atoms with Crippen molar-refractivity contribution in [2.45, 2.75) is 52.0 Å². The Balaban J connectivity index is 2.37. The van der Waals surface area contributed by atoms with Gasteiger partial charge in [0.25, 0.3) is 0 Å². The number of rotatable bonds is 7. The standard InChI is InChI=1S/C14H23IN2/c1-3-4-5-6-7-11(2)17-14-9-8-12(16)10-13(14)15/h8-11,17H,3-7,16H2,1-2H3. The first-order valence-electron chi connectivity index (χ1n) is 6.45. The zero-order chi connectivity index (χ0) is 12.7. The molecule has 1 aromatic rings. The summed E-state index contributed by atoms with van der Waals surface area (Å²) in [4.78, 5) is 0. The molecule has 0 bridgehead atoms. The molecular weight excluding hydrogens is 323 g/mol. The highest BCUT2D eigenvalue weighted by Gasteiger charge is 2.05. The minimum absolute atomic E-state index is 0.531. The van der Waals surface area contributed by atoms with Crippen molar-refractivity contribution in [2.75, 3.05) is 11.1 Å². The van der Waals surface area contributed by atoms with Crippen molar-refractivity contribution in [1.82, 2.24) is 0 Å². The normalized spacial score (nSPS) is 12.4. The zero-order valence-electron chi connectivity index (χ0n) is 10.8. The van der Waals surface area contributed by atoms with Crippen LogP contribution in [0.25, 0.3) is 0 Å². The Morgan fingerprint density at radius 3 is 2.71 bits per heavy atom. The number of nitrogens with two attached hydrogens (primary N) is 1. The maximum absolute atomic E-state index is 5.74. The molecule has 0 spiro atoms. The van der Waals surface area contributed by atoms with Gasteiger partial charge in [0.1, 0.15) is 0 Å². The Kier molecular flexibility index (Phi) is 6.70. The first kappa shape index (κ1) is 14.6. The second-order valence-corrected chi connectivity index (χ2v) is 5.80. The van der Waals surface area contributed by atoms with Gasteiger partial charge in [-0.15, -0.1) is 0 Å². The molecule has 1 rings (SSSR count). The average Bonchev–Trinajstić information content (AvgIpc) is 2.28.